The average Bonchev–Trinajstić information content (AvgIpc) is 3.10. The van der Waals surface area contributed by atoms with Gasteiger partial charge in [-0.1, -0.05) is 12.1 Å². The molecule has 3 atom stereocenters. The first-order valence-electron chi connectivity index (χ1n) is 10.6. The lowest BCUT2D eigenvalue weighted by Gasteiger charge is -2.40. The topological polar surface area (TPSA) is 61.9 Å². The van der Waals surface area contributed by atoms with Crippen molar-refractivity contribution in [1.29, 1.82) is 0 Å². The van der Waals surface area contributed by atoms with Crippen molar-refractivity contribution in [1.82, 2.24) is 15.1 Å². The number of hydrogen-bond acceptors (Lipinski definition) is 4. The minimum Gasteiger partial charge on any atom is -0.383 e. The van der Waals surface area contributed by atoms with Crippen LogP contribution in [0.3, 0.4) is 0 Å². The van der Waals surface area contributed by atoms with Gasteiger partial charge >= 0.3 is 6.18 Å². The van der Waals surface area contributed by atoms with Gasteiger partial charge in [0.15, 0.2) is 0 Å². The third-order valence-electron chi connectivity index (χ3n) is 6.28. The molecule has 2 aliphatic heterocycles. The van der Waals surface area contributed by atoms with Crippen molar-refractivity contribution < 1.29 is 27.5 Å². The Kier molecular flexibility index (Phi) is 7.59. The Morgan fingerprint density at radius 2 is 1.97 bits per heavy atom. The van der Waals surface area contributed by atoms with Gasteiger partial charge < -0.3 is 15.0 Å². The smallest absolute Gasteiger partial charge is 0.383 e. The van der Waals surface area contributed by atoms with Gasteiger partial charge in [-0.15, -0.1) is 0 Å². The first-order valence-corrected chi connectivity index (χ1v) is 10.6. The predicted molar refractivity (Wildman–Crippen MR) is 109 cm³/mol. The van der Waals surface area contributed by atoms with E-state index in [1.807, 2.05) is 7.05 Å². The van der Waals surface area contributed by atoms with Crippen molar-refractivity contribution in [3.63, 3.8) is 0 Å². The second-order valence-electron chi connectivity index (χ2n) is 8.43. The summed E-state index contributed by atoms with van der Waals surface area (Å²) >= 11 is 0. The summed E-state index contributed by atoms with van der Waals surface area (Å²) in [7, 11) is 3.53. The maximum absolute atomic E-state index is 12.9. The Labute approximate surface area is 180 Å². The molecule has 6 nitrogen and oxygen atoms in total. The number of carbonyl (C=O) groups is 2. The largest absolute Gasteiger partial charge is 0.416 e. The van der Waals surface area contributed by atoms with Crippen molar-refractivity contribution >= 4 is 11.8 Å². The Morgan fingerprint density at radius 3 is 2.61 bits per heavy atom. The molecule has 2 amide bonds. The van der Waals surface area contributed by atoms with Crippen LogP contribution in [0.4, 0.5) is 13.2 Å². The molecule has 0 aromatic heterocycles. The van der Waals surface area contributed by atoms with Gasteiger partial charge in [0.25, 0.3) is 0 Å². The summed E-state index contributed by atoms with van der Waals surface area (Å²) in [6, 6.07) is 5.24. The van der Waals surface area contributed by atoms with E-state index in [9.17, 15) is 22.8 Å². The van der Waals surface area contributed by atoms with E-state index in [1.165, 1.54) is 12.1 Å². The van der Waals surface area contributed by atoms with E-state index in [1.54, 1.807) is 12.0 Å². The quantitative estimate of drug-likeness (QED) is 0.707. The fraction of sp³-hybridized carbons (Fsp3) is 0.636. The summed E-state index contributed by atoms with van der Waals surface area (Å²) < 4.78 is 43.7. The second-order valence-corrected chi connectivity index (χ2v) is 8.43. The van der Waals surface area contributed by atoms with Crippen molar-refractivity contribution in [3.05, 3.63) is 35.4 Å². The average molecular weight is 441 g/mol. The van der Waals surface area contributed by atoms with E-state index in [2.05, 4.69) is 10.2 Å². The summed E-state index contributed by atoms with van der Waals surface area (Å²) in [5, 5.41) is 2.99. The molecule has 1 aromatic carbocycles. The molecule has 0 radical (unpaired) electrons. The lowest BCUT2D eigenvalue weighted by molar-refractivity contribution is -0.137. The third kappa shape index (κ3) is 5.77. The summed E-state index contributed by atoms with van der Waals surface area (Å²) in [5.41, 5.74) is 0.153. The van der Waals surface area contributed by atoms with E-state index in [-0.39, 0.29) is 36.1 Å². The molecule has 0 bridgehead atoms. The van der Waals surface area contributed by atoms with E-state index in [0.29, 0.717) is 26.2 Å². The van der Waals surface area contributed by atoms with Crippen LogP contribution in [-0.4, -0.2) is 68.6 Å². The minimum absolute atomic E-state index is 0.0442. The summed E-state index contributed by atoms with van der Waals surface area (Å²) in [6.07, 6.45) is -2.33. The van der Waals surface area contributed by atoms with Crippen LogP contribution in [0, 0.1) is 11.8 Å². The monoisotopic (exact) mass is 441 g/mol. The standard InChI is InChI=1S/C22H30F3N3O3/c1-27-9-3-4-16(20(27)15-5-7-18(8-6-15)22(23,24)25)13-26-21(30)17-12-19(29)28(14-17)10-11-31-2/h5-8,16-17,20H,3-4,9-14H2,1-2H3,(H,26,30). The van der Waals surface area contributed by atoms with E-state index in [4.69, 9.17) is 4.74 Å². The normalized spacial score (nSPS) is 25.1. The predicted octanol–water partition coefficient (Wildman–Crippen LogP) is 2.70. The number of benzene rings is 1. The Balaban J connectivity index is 1.62. The molecule has 1 N–H and O–H groups in total. The maximum Gasteiger partial charge on any atom is 0.416 e. The van der Waals surface area contributed by atoms with Crippen LogP contribution in [-0.2, 0) is 20.5 Å². The Morgan fingerprint density at radius 1 is 1.26 bits per heavy atom. The van der Waals surface area contributed by atoms with Crippen LogP contribution in [0.5, 0.6) is 0 Å². The van der Waals surface area contributed by atoms with Gasteiger partial charge in [0.2, 0.25) is 11.8 Å². The molecule has 1 aromatic rings. The number of ether oxygens (including phenoxy) is 1. The molecule has 0 spiro atoms. The number of likely N-dealkylation sites (tertiary alicyclic amines) is 2. The van der Waals surface area contributed by atoms with Crippen LogP contribution >= 0.6 is 0 Å². The van der Waals surface area contributed by atoms with Crippen LogP contribution in [0.2, 0.25) is 0 Å². The highest BCUT2D eigenvalue weighted by molar-refractivity contribution is 5.89. The molecule has 2 heterocycles. The number of nitrogens with zero attached hydrogens (tertiary/aromatic N) is 2. The second kappa shape index (κ2) is 9.99. The van der Waals surface area contributed by atoms with Crippen molar-refractivity contribution in [3.8, 4) is 0 Å². The van der Waals surface area contributed by atoms with E-state index in [0.717, 1.165) is 37.1 Å². The molecular weight excluding hydrogens is 411 g/mol. The summed E-state index contributed by atoms with van der Waals surface area (Å²) in [6.45, 7) is 2.58. The molecule has 9 heteroatoms. The van der Waals surface area contributed by atoms with Crippen molar-refractivity contribution in [2.24, 2.45) is 11.8 Å². The molecule has 0 saturated carbocycles. The molecule has 2 aliphatic rings. The zero-order valence-electron chi connectivity index (χ0n) is 18.0. The lowest BCUT2D eigenvalue weighted by atomic mass is 9.84. The first-order chi connectivity index (χ1) is 14.7. The zero-order chi connectivity index (χ0) is 22.6. The molecule has 2 saturated heterocycles. The summed E-state index contributed by atoms with van der Waals surface area (Å²) in [4.78, 5) is 28.5. The SMILES string of the molecule is COCCN1CC(C(=O)NCC2CCCN(C)C2c2ccc(C(F)(F)F)cc2)CC1=O. The fourth-order valence-electron chi connectivity index (χ4n) is 4.61. The molecule has 31 heavy (non-hydrogen) atoms. The van der Waals surface area contributed by atoms with Gasteiger partial charge in [-0.3, -0.25) is 14.5 Å². The van der Waals surface area contributed by atoms with E-state index < -0.39 is 11.7 Å². The molecular formula is C22H30F3N3O3. The maximum atomic E-state index is 12.9. The number of hydrogen-bond donors (Lipinski definition) is 1. The highest BCUT2D eigenvalue weighted by Crippen LogP contribution is 2.36. The van der Waals surface area contributed by atoms with Crippen LogP contribution < -0.4 is 5.32 Å². The number of nitrogens with one attached hydrogen (secondary N) is 1. The third-order valence-corrected chi connectivity index (χ3v) is 6.28. The van der Waals surface area contributed by atoms with Crippen LogP contribution in [0.15, 0.2) is 24.3 Å². The molecule has 172 valence electrons. The fourth-order valence-corrected chi connectivity index (χ4v) is 4.61. The molecule has 2 fully saturated rings. The minimum atomic E-state index is -4.36. The molecule has 3 rings (SSSR count). The van der Waals surface area contributed by atoms with Crippen molar-refractivity contribution in [2.75, 3.05) is 46.9 Å². The van der Waals surface area contributed by atoms with Gasteiger partial charge in [-0.2, -0.15) is 13.2 Å². The first kappa shape index (κ1) is 23.5. The number of alkyl halides is 3. The van der Waals surface area contributed by atoms with Gasteiger partial charge in [0.1, 0.15) is 0 Å². The number of piperidine rings is 1. The highest BCUT2D eigenvalue weighted by Gasteiger charge is 2.36. The Bertz CT molecular complexity index is 770. The molecule has 0 aliphatic carbocycles. The summed E-state index contributed by atoms with van der Waals surface area (Å²) in [5.74, 6) is -0.485. The van der Waals surface area contributed by atoms with Gasteiger partial charge in [0, 0.05) is 39.2 Å². The number of amides is 2. The highest BCUT2D eigenvalue weighted by atomic mass is 19.4. The van der Waals surface area contributed by atoms with Crippen molar-refractivity contribution in [2.45, 2.75) is 31.5 Å². The van der Waals surface area contributed by atoms with Gasteiger partial charge in [-0.25, -0.2) is 0 Å². The van der Waals surface area contributed by atoms with Crippen LogP contribution in [0.25, 0.3) is 0 Å². The number of methoxy groups -OCH3 is 1. The van der Waals surface area contributed by atoms with Gasteiger partial charge in [0.05, 0.1) is 18.1 Å². The lowest BCUT2D eigenvalue weighted by Crippen LogP contribution is -2.43. The number of halogens is 3. The zero-order valence-corrected chi connectivity index (χ0v) is 18.0. The Hall–Kier alpha value is -2.13. The van der Waals surface area contributed by atoms with E-state index >= 15 is 0 Å². The van der Waals surface area contributed by atoms with Crippen LogP contribution in [0.1, 0.15) is 36.4 Å². The van der Waals surface area contributed by atoms with Gasteiger partial charge in [-0.05, 0) is 50.0 Å². The number of rotatable bonds is 7. The number of carbonyl (C=O) groups excluding carboxylic acids is 2. The molecule has 3 unspecified atom stereocenters.